The first kappa shape index (κ1) is 15.1. The van der Waals surface area contributed by atoms with Gasteiger partial charge in [0.05, 0.1) is 23.6 Å². The quantitative estimate of drug-likeness (QED) is 0.796. The molecule has 1 saturated carbocycles. The Balaban J connectivity index is 1.70. The second-order valence-electron chi connectivity index (χ2n) is 5.76. The van der Waals surface area contributed by atoms with Gasteiger partial charge in [-0.3, -0.25) is 5.10 Å². The van der Waals surface area contributed by atoms with Gasteiger partial charge in [0.25, 0.3) is 0 Å². The minimum absolute atomic E-state index is 0.0855. The van der Waals surface area contributed by atoms with Crippen LogP contribution in [0.3, 0.4) is 0 Å². The Morgan fingerprint density at radius 1 is 1.27 bits per heavy atom. The number of nitrogens with one attached hydrogen (secondary N) is 2. The van der Waals surface area contributed by atoms with Gasteiger partial charge < -0.3 is 10.4 Å². The van der Waals surface area contributed by atoms with E-state index in [0.29, 0.717) is 24.3 Å². The molecule has 6 heteroatoms. The van der Waals surface area contributed by atoms with E-state index in [-0.39, 0.29) is 17.6 Å². The molecule has 22 heavy (non-hydrogen) atoms. The SMILES string of the molecule is OC1CCCC1CNCc1cn[nH]c1-c1c(F)cccc1F. The molecule has 2 atom stereocenters. The Labute approximate surface area is 127 Å². The first-order chi connectivity index (χ1) is 10.7. The fraction of sp³-hybridized carbons (Fsp3) is 0.438. The van der Waals surface area contributed by atoms with E-state index < -0.39 is 11.6 Å². The van der Waals surface area contributed by atoms with Crippen LogP contribution < -0.4 is 5.32 Å². The molecule has 0 radical (unpaired) electrons. The van der Waals surface area contributed by atoms with E-state index in [4.69, 9.17) is 0 Å². The van der Waals surface area contributed by atoms with Crippen molar-refractivity contribution < 1.29 is 13.9 Å². The molecular weight excluding hydrogens is 288 g/mol. The summed E-state index contributed by atoms with van der Waals surface area (Å²) >= 11 is 0. The van der Waals surface area contributed by atoms with Crippen molar-refractivity contribution in [2.45, 2.75) is 31.9 Å². The van der Waals surface area contributed by atoms with E-state index in [1.807, 2.05) is 0 Å². The summed E-state index contributed by atoms with van der Waals surface area (Å²) in [6.07, 6.45) is 4.22. The summed E-state index contributed by atoms with van der Waals surface area (Å²) in [5, 5.41) is 19.6. The summed E-state index contributed by atoms with van der Waals surface area (Å²) in [4.78, 5) is 0. The van der Waals surface area contributed by atoms with Crippen LogP contribution in [0.5, 0.6) is 0 Å². The Hall–Kier alpha value is -1.79. The highest BCUT2D eigenvalue weighted by molar-refractivity contribution is 5.64. The molecule has 0 amide bonds. The normalized spacial score (nSPS) is 21.4. The number of aliphatic hydroxyl groups excluding tert-OH is 1. The van der Waals surface area contributed by atoms with Crippen molar-refractivity contribution in [3.8, 4) is 11.3 Å². The van der Waals surface area contributed by atoms with Crippen LogP contribution in [0.15, 0.2) is 24.4 Å². The molecular formula is C16H19F2N3O. The zero-order chi connectivity index (χ0) is 15.5. The van der Waals surface area contributed by atoms with Crippen LogP contribution >= 0.6 is 0 Å². The molecule has 118 valence electrons. The molecule has 2 aromatic rings. The van der Waals surface area contributed by atoms with Crippen molar-refractivity contribution in [3.05, 3.63) is 41.6 Å². The molecule has 1 aromatic carbocycles. The highest BCUT2D eigenvalue weighted by Gasteiger charge is 2.24. The van der Waals surface area contributed by atoms with E-state index in [0.717, 1.165) is 19.3 Å². The van der Waals surface area contributed by atoms with Gasteiger partial charge in [0.15, 0.2) is 0 Å². The van der Waals surface area contributed by atoms with Crippen LogP contribution in [0.2, 0.25) is 0 Å². The fourth-order valence-corrected chi connectivity index (χ4v) is 3.05. The molecule has 0 bridgehead atoms. The van der Waals surface area contributed by atoms with Gasteiger partial charge in [0.1, 0.15) is 11.6 Å². The summed E-state index contributed by atoms with van der Waals surface area (Å²) in [6.45, 7) is 1.13. The lowest BCUT2D eigenvalue weighted by molar-refractivity contribution is 0.131. The lowest BCUT2D eigenvalue weighted by atomic mass is 10.0. The van der Waals surface area contributed by atoms with Gasteiger partial charge in [0.2, 0.25) is 0 Å². The third kappa shape index (κ3) is 3.03. The predicted octanol–water partition coefficient (Wildman–Crippen LogP) is 2.61. The molecule has 1 fully saturated rings. The molecule has 3 rings (SSSR count). The molecule has 1 aliphatic carbocycles. The van der Waals surface area contributed by atoms with Crippen molar-refractivity contribution >= 4 is 0 Å². The number of aromatic amines is 1. The average Bonchev–Trinajstić information content (AvgIpc) is 3.09. The monoisotopic (exact) mass is 307 g/mol. The van der Waals surface area contributed by atoms with Crippen LogP contribution in [0, 0.1) is 17.6 Å². The Morgan fingerprint density at radius 2 is 2.05 bits per heavy atom. The van der Waals surface area contributed by atoms with Crippen molar-refractivity contribution in [2.24, 2.45) is 5.92 Å². The number of H-pyrrole nitrogens is 1. The molecule has 3 N–H and O–H groups in total. The van der Waals surface area contributed by atoms with Crippen molar-refractivity contribution in [1.82, 2.24) is 15.5 Å². The molecule has 0 aliphatic heterocycles. The summed E-state index contributed by atoms with van der Waals surface area (Å²) in [6, 6.07) is 3.79. The number of nitrogens with zero attached hydrogens (tertiary/aromatic N) is 1. The average molecular weight is 307 g/mol. The maximum absolute atomic E-state index is 13.9. The number of benzene rings is 1. The van der Waals surface area contributed by atoms with Gasteiger partial charge in [-0.05, 0) is 30.9 Å². The smallest absolute Gasteiger partial charge is 0.135 e. The standard InChI is InChI=1S/C16H19F2N3O/c17-12-4-2-5-13(18)15(12)16-11(9-20-21-16)8-19-7-10-3-1-6-14(10)22/h2,4-5,9-10,14,19,22H,1,3,6-8H2,(H,20,21). The lowest BCUT2D eigenvalue weighted by Crippen LogP contribution is -2.27. The first-order valence-electron chi connectivity index (χ1n) is 7.52. The molecule has 0 saturated heterocycles. The number of hydrogen-bond acceptors (Lipinski definition) is 3. The number of hydrogen-bond donors (Lipinski definition) is 3. The fourth-order valence-electron chi connectivity index (χ4n) is 3.05. The van der Waals surface area contributed by atoms with Crippen molar-refractivity contribution in [3.63, 3.8) is 0 Å². The zero-order valence-electron chi connectivity index (χ0n) is 12.1. The highest BCUT2D eigenvalue weighted by Crippen LogP contribution is 2.28. The van der Waals surface area contributed by atoms with Gasteiger partial charge >= 0.3 is 0 Å². The maximum Gasteiger partial charge on any atom is 0.135 e. The second-order valence-corrected chi connectivity index (χ2v) is 5.76. The van der Waals surface area contributed by atoms with Gasteiger partial charge in [-0.25, -0.2) is 8.78 Å². The molecule has 1 heterocycles. The highest BCUT2D eigenvalue weighted by atomic mass is 19.1. The predicted molar refractivity (Wildman–Crippen MR) is 79.0 cm³/mol. The second kappa shape index (κ2) is 6.54. The van der Waals surface area contributed by atoms with Gasteiger partial charge in [0, 0.05) is 18.7 Å². The maximum atomic E-state index is 13.9. The van der Waals surface area contributed by atoms with E-state index in [1.54, 1.807) is 6.20 Å². The van der Waals surface area contributed by atoms with Gasteiger partial charge in [-0.15, -0.1) is 0 Å². The van der Waals surface area contributed by atoms with E-state index in [1.165, 1.54) is 18.2 Å². The summed E-state index contributed by atoms with van der Waals surface area (Å²) in [7, 11) is 0. The largest absolute Gasteiger partial charge is 0.393 e. The Bertz CT molecular complexity index is 624. The van der Waals surface area contributed by atoms with Crippen molar-refractivity contribution in [2.75, 3.05) is 6.54 Å². The Kier molecular flexibility index (Phi) is 4.49. The minimum Gasteiger partial charge on any atom is -0.393 e. The molecule has 4 nitrogen and oxygen atoms in total. The van der Waals surface area contributed by atoms with Gasteiger partial charge in [-0.1, -0.05) is 12.5 Å². The van der Waals surface area contributed by atoms with Crippen LogP contribution in [-0.2, 0) is 6.54 Å². The van der Waals surface area contributed by atoms with E-state index in [2.05, 4.69) is 15.5 Å². The van der Waals surface area contributed by atoms with E-state index in [9.17, 15) is 13.9 Å². The third-order valence-electron chi connectivity index (χ3n) is 4.27. The first-order valence-corrected chi connectivity index (χ1v) is 7.52. The van der Waals surface area contributed by atoms with Gasteiger partial charge in [-0.2, -0.15) is 5.10 Å². The number of rotatable bonds is 5. The summed E-state index contributed by atoms with van der Waals surface area (Å²) in [5.41, 5.74) is 0.976. The number of aliphatic hydroxyl groups is 1. The zero-order valence-corrected chi connectivity index (χ0v) is 12.1. The Morgan fingerprint density at radius 3 is 2.73 bits per heavy atom. The number of aromatic nitrogens is 2. The van der Waals surface area contributed by atoms with Crippen LogP contribution in [-0.4, -0.2) is 28.0 Å². The van der Waals surface area contributed by atoms with Crippen molar-refractivity contribution in [1.29, 1.82) is 0 Å². The summed E-state index contributed by atoms with van der Waals surface area (Å²) < 4.78 is 27.7. The molecule has 1 aliphatic rings. The molecule has 1 aromatic heterocycles. The minimum atomic E-state index is -0.614. The van der Waals surface area contributed by atoms with Crippen LogP contribution in [0.25, 0.3) is 11.3 Å². The molecule has 0 spiro atoms. The molecule has 2 unspecified atom stereocenters. The topological polar surface area (TPSA) is 60.9 Å². The lowest BCUT2D eigenvalue weighted by Gasteiger charge is -2.15. The van der Waals surface area contributed by atoms with Crippen LogP contribution in [0.4, 0.5) is 8.78 Å². The van der Waals surface area contributed by atoms with E-state index >= 15 is 0 Å². The summed E-state index contributed by atoms with van der Waals surface area (Å²) in [5.74, 6) is -0.978. The number of halogens is 2. The van der Waals surface area contributed by atoms with Crippen LogP contribution in [0.1, 0.15) is 24.8 Å². The third-order valence-corrected chi connectivity index (χ3v) is 4.27.